The molecule has 0 spiro atoms. The minimum Gasteiger partial charge on any atom is -0.398 e. The topological polar surface area (TPSA) is 60.2 Å². The molecule has 0 bridgehead atoms. The molecule has 0 radical (unpaired) electrons. The maximum Gasteiger partial charge on any atom is 0.150 e. The Morgan fingerprint density at radius 1 is 1.41 bits per heavy atom. The van der Waals surface area contributed by atoms with Gasteiger partial charge in [0.25, 0.3) is 0 Å². The van der Waals surface area contributed by atoms with Crippen molar-refractivity contribution in [2.24, 2.45) is 0 Å². The number of anilines is 1. The Morgan fingerprint density at radius 3 is 2.71 bits per heavy atom. The Kier molecular flexibility index (Phi) is 5.62. The number of hydrogen-bond acceptors (Lipinski definition) is 4. The van der Waals surface area contributed by atoms with Crippen molar-refractivity contribution in [3.63, 3.8) is 0 Å². The number of sulfone groups is 1. The molecule has 0 saturated heterocycles. The van der Waals surface area contributed by atoms with Crippen LogP contribution >= 0.6 is 23.4 Å². The highest BCUT2D eigenvalue weighted by molar-refractivity contribution is 7.99. The average Bonchev–Trinajstić information content (AvgIpc) is 2.29. The number of halogens is 1. The Labute approximate surface area is 112 Å². The average molecular weight is 294 g/mol. The first-order valence-electron chi connectivity index (χ1n) is 5.33. The Hall–Kier alpha value is -0.390. The molecule has 0 aliphatic rings. The first-order chi connectivity index (χ1) is 7.94. The van der Waals surface area contributed by atoms with Crippen molar-refractivity contribution < 1.29 is 8.42 Å². The first kappa shape index (κ1) is 14.7. The van der Waals surface area contributed by atoms with Crippen LogP contribution in [-0.4, -0.2) is 25.7 Å². The van der Waals surface area contributed by atoms with E-state index in [4.69, 9.17) is 17.3 Å². The minimum absolute atomic E-state index is 0.214. The maximum absolute atomic E-state index is 11.3. The van der Waals surface area contributed by atoms with Crippen molar-refractivity contribution in [1.82, 2.24) is 0 Å². The third-order valence-electron chi connectivity index (χ3n) is 2.28. The molecular weight excluding hydrogens is 278 g/mol. The fourth-order valence-electron chi connectivity index (χ4n) is 1.21. The summed E-state index contributed by atoms with van der Waals surface area (Å²) in [7, 11) is -2.85. The van der Waals surface area contributed by atoms with Gasteiger partial charge in [-0.1, -0.05) is 18.5 Å². The number of hydrogen-bond donors (Lipinski definition) is 1. The van der Waals surface area contributed by atoms with Crippen LogP contribution in [0.15, 0.2) is 23.1 Å². The van der Waals surface area contributed by atoms with Gasteiger partial charge in [-0.3, -0.25) is 0 Å². The van der Waals surface area contributed by atoms with Gasteiger partial charge in [0.05, 0.1) is 16.5 Å². The number of thioether (sulfide) groups is 1. The molecule has 17 heavy (non-hydrogen) atoms. The van der Waals surface area contributed by atoms with Gasteiger partial charge in [-0.15, -0.1) is 11.8 Å². The predicted molar refractivity (Wildman–Crippen MR) is 75.5 cm³/mol. The van der Waals surface area contributed by atoms with Crippen LogP contribution in [-0.2, 0) is 9.84 Å². The molecule has 1 aromatic carbocycles. The minimum atomic E-state index is -2.85. The molecule has 0 amide bonds. The molecular formula is C11H16ClNO2S2. The molecule has 0 aromatic heterocycles. The van der Waals surface area contributed by atoms with E-state index in [0.717, 1.165) is 10.6 Å². The summed E-state index contributed by atoms with van der Waals surface area (Å²) < 4.78 is 22.5. The molecule has 6 heteroatoms. The lowest BCUT2D eigenvalue weighted by Gasteiger charge is -2.04. The van der Waals surface area contributed by atoms with Crippen molar-refractivity contribution in [2.75, 3.05) is 23.0 Å². The summed E-state index contributed by atoms with van der Waals surface area (Å²) in [6.07, 6.45) is 0.656. The zero-order valence-electron chi connectivity index (χ0n) is 9.65. The first-order valence-corrected chi connectivity index (χ1v) is 8.51. The Morgan fingerprint density at radius 2 is 2.12 bits per heavy atom. The van der Waals surface area contributed by atoms with E-state index in [0.29, 0.717) is 17.1 Å². The largest absolute Gasteiger partial charge is 0.398 e. The van der Waals surface area contributed by atoms with Crippen molar-refractivity contribution >= 4 is 38.9 Å². The zero-order valence-corrected chi connectivity index (χ0v) is 12.0. The monoisotopic (exact) mass is 293 g/mol. The summed E-state index contributed by atoms with van der Waals surface area (Å²) >= 11 is 7.48. The normalized spacial score (nSPS) is 11.6. The van der Waals surface area contributed by atoms with Crippen LogP contribution in [0.3, 0.4) is 0 Å². The van der Waals surface area contributed by atoms with E-state index in [1.165, 1.54) is 0 Å². The van der Waals surface area contributed by atoms with Gasteiger partial charge < -0.3 is 5.73 Å². The van der Waals surface area contributed by atoms with E-state index in [1.54, 1.807) is 30.8 Å². The molecule has 0 atom stereocenters. The summed E-state index contributed by atoms with van der Waals surface area (Å²) in [5.41, 5.74) is 6.16. The SMILES string of the molecule is CCS(=O)(=O)CCCSc1ccc(N)c(Cl)c1. The van der Waals surface area contributed by atoms with Crippen LogP contribution in [0.1, 0.15) is 13.3 Å². The smallest absolute Gasteiger partial charge is 0.150 e. The highest BCUT2D eigenvalue weighted by atomic mass is 35.5. The second-order valence-corrected chi connectivity index (χ2v) is 7.67. The Balaban J connectivity index is 2.39. The predicted octanol–water partition coefficient (Wildman–Crippen LogP) is 2.84. The molecule has 0 aliphatic heterocycles. The van der Waals surface area contributed by atoms with Crippen molar-refractivity contribution in [3.05, 3.63) is 23.2 Å². The summed E-state index contributed by atoms with van der Waals surface area (Å²) in [5.74, 6) is 1.23. The molecule has 3 nitrogen and oxygen atoms in total. The van der Waals surface area contributed by atoms with E-state index < -0.39 is 9.84 Å². The van der Waals surface area contributed by atoms with E-state index in [9.17, 15) is 8.42 Å². The van der Waals surface area contributed by atoms with Crippen LogP contribution < -0.4 is 5.73 Å². The van der Waals surface area contributed by atoms with Crippen LogP contribution in [0.2, 0.25) is 5.02 Å². The molecule has 0 fully saturated rings. The number of nitrogen functional groups attached to an aromatic ring is 1. The fraction of sp³-hybridized carbons (Fsp3) is 0.455. The number of rotatable bonds is 6. The van der Waals surface area contributed by atoms with Gasteiger partial charge >= 0.3 is 0 Å². The quantitative estimate of drug-likeness (QED) is 0.498. The summed E-state index contributed by atoms with van der Waals surface area (Å²) in [6, 6.07) is 5.45. The van der Waals surface area contributed by atoms with Gasteiger partial charge in [-0.25, -0.2) is 8.42 Å². The van der Waals surface area contributed by atoms with Crippen molar-refractivity contribution in [1.29, 1.82) is 0 Å². The Bertz CT molecular complexity index is 474. The van der Waals surface area contributed by atoms with Gasteiger partial charge in [0.1, 0.15) is 9.84 Å². The molecule has 0 heterocycles. The fourth-order valence-corrected chi connectivity index (χ4v) is 3.40. The lowest BCUT2D eigenvalue weighted by Crippen LogP contribution is -2.09. The lowest BCUT2D eigenvalue weighted by molar-refractivity contribution is 0.596. The van der Waals surface area contributed by atoms with Crippen LogP contribution in [0.25, 0.3) is 0 Å². The number of benzene rings is 1. The zero-order chi connectivity index (χ0) is 12.9. The van der Waals surface area contributed by atoms with E-state index in [-0.39, 0.29) is 11.5 Å². The van der Waals surface area contributed by atoms with E-state index in [2.05, 4.69) is 0 Å². The van der Waals surface area contributed by atoms with Crippen LogP contribution in [0, 0.1) is 0 Å². The maximum atomic E-state index is 11.3. The van der Waals surface area contributed by atoms with Crippen LogP contribution in [0.4, 0.5) is 5.69 Å². The molecule has 1 rings (SSSR count). The standard InChI is InChI=1S/C11H16ClNO2S2/c1-2-17(14,15)7-3-6-16-9-4-5-11(13)10(12)8-9/h4-5,8H,2-3,6-7,13H2,1H3. The van der Waals surface area contributed by atoms with Gasteiger partial charge in [-0.05, 0) is 30.4 Å². The second-order valence-electron chi connectivity index (χ2n) is 3.62. The number of nitrogens with two attached hydrogens (primary N) is 1. The molecule has 0 unspecified atom stereocenters. The molecule has 96 valence electrons. The van der Waals surface area contributed by atoms with Gasteiger partial charge in [-0.2, -0.15) is 0 Å². The summed E-state index contributed by atoms with van der Waals surface area (Å²) in [6.45, 7) is 1.67. The molecule has 0 aliphatic carbocycles. The second kappa shape index (κ2) is 6.52. The highest BCUT2D eigenvalue weighted by Crippen LogP contribution is 2.26. The lowest BCUT2D eigenvalue weighted by atomic mass is 10.3. The summed E-state index contributed by atoms with van der Waals surface area (Å²) in [5, 5.41) is 0.538. The van der Waals surface area contributed by atoms with Crippen LogP contribution in [0.5, 0.6) is 0 Å². The molecule has 2 N–H and O–H groups in total. The van der Waals surface area contributed by atoms with E-state index >= 15 is 0 Å². The molecule has 1 aromatic rings. The van der Waals surface area contributed by atoms with Gasteiger partial charge in [0, 0.05) is 10.6 Å². The third kappa shape index (κ3) is 5.19. The van der Waals surface area contributed by atoms with Gasteiger partial charge in [0.2, 0.25) is 0 Å². The summed E-state index contributed by atoms with van der Waals surface area (Å²) in [4.78, 5) is 1.01. The van der Waals surface area contributed by atoms with Crippen molar-refractivity contribution in [3.8, 4) is 0 Å². The molecule has 0 saturated carbocycles. The van der Waals surface area contributed by atoms with E-state index in [1.807, 2.05) is 6.07 Å². The third-order valence-corrected chi connectivity index (χ3v) is 5.48. The van der Waals surface area contributed by atoms with Gasteiger partial charge in [0.15, 0.2) is 0 Å². The van der Waals surface area contributed by atoms with Crippen molar-refractivity contribution in [2.45, 2.75) is 18.2 Å². The highest BCUT2D eigenvalue weighted by Gasteiger charge is 2.06.